The molecular formula is C10H20O. The largest absolute Gasteiger partial charge is 0.300 e. The lowest BCUT2D eigenvalue weighted by Gasteiger charge is -2.05. The molecule has 1 nitrogen and oxygen atoms in total. The summed E-state index contributed by atoms with van der Waals surface area (Å²) in [6.07, 6.45) is 4.84. The van der Waals surface area contributed by atoms with E-state index in [-0.39, 0.29) is 0 Å². The molecule has 0 amide bonds. The van der Waals surface area contributed by atoms with E-state index in [1.54, 1.807) is 0 Å². The van der Waals surface area contributed by atoms with Gasteiger partial charge in [-0.3, -0.25) is 4.79 Å². The normalized spacial score (nSPS) is 13.0. The van der Waals surface area contributed by atoms with Gasteiger partial charge in [-0.2, -0.15) is 0 Å². The van der Waals surface area contributed by atoms with E-state index in [0.717, 1.165) is 31.6 Å². The van der Waals surface area contributed by atoms with Crippen molar-refractivity contribution < 1.29 is 4.79 Å². The van der Waals surface area contributed by atoms with E-state index < -0.39 is 0 Å². The Morgan fingerprint density at radius 3 is 2.36 bits per heavy atom. The van der Waals surface area contributed by atoms with Crippen molar-refractivity contribution in [1.29, 1.82) is 0 Å². The van der Waals surface area contributed by atoms with Crippen LogP contribution in [0.2, 0.25) is 0 Å². The van der Waals surface area contributed by atoms with Crippen LogP contribution in [0, 0.1) is 5.92 Å². The highest BCUT2D eigenvalue weighted by molar-refractivity contribution is 5.78. The van der Waals surface area contributed by atoms with Gasteiger partial charge in [0.2, 0.25) is 0 Å². The predicted molar refractivity (Wildman–Crippen MR) is 48.6 cm³/mol. The molecule has 0 rings (SSSR count). The van der Waals surface area contributed by atoms with E-state index in [4.69, 9.17) is 0 Å². The molecule has 1 atom stereocenters. The average Bonchev–Trinajstić information content (AvgIpc) is 2.01. The third-order valence-electron chi connectivity index (χ3n) is 2.14. The summed E-state index contributed by atoms with van der Waals surface area (Å²) < 4.78 is 0. The number of carbonyl (C=O) groups excluding carboxylic acids is 1. The van der Waals surface area contributed by atoms with Gasteiger partial charge in [0.1, 0.15) is 5.78 Å². The molecule has 0 aromatic heterocycles. The van der Waals surface area contributed by atoms with Gasteiger partial charge in [0.15, 0.2) is 0 Å². The average molecular weight is 156 g/mol. The van der Waals surface area contributed by atoms with Gasteiger partial charge in [-0.05, 0) is 18.8 Å². The van der Waals surface area contributed by atoms with Crippen LogP contribution in [0.3, 0.4) is 0 Å². The second-order valence-corrected chi connectivity index (χ2v) is 3.34. The highest BCUT2D eigenvalue weighted by atomic mass is 16.1. The van der Waals surface area contributed by atoms with Crippen LogP contribution in [0.5, 0.6) is 0 Å². The molecule has 1 heteroatoms. The van der Waals surface area contributed by atoms with Crippen LogP contribution in [-0.4, -0.2) is 5.78 Å². The van der Waals surface area contributed by atoms with Gasteiger partial charge in [0, 0.05) is 12.8 Å². The first-order valence-electron chi connectivity index (χ1n) is 4.72. The Morgan fingerprint density at radius 2 is 1.91 bits per heavy atom. The van der Waals surface area contributed by atoms with E-state index in [1.165, 1.54) is 6.42 Å². The molecule has 0 aliphatic rings. The molecule has 0 aliphatic heterocycles. The molecule has 0 heterocycles. The van der Waals surface area contributed by atoms with E-state index in [2.05, 4.69) is 20.8 Å². The lowest BCUT2D eigenvalue weighted by molar-refractivity contribution is -0.119. The zero-order valence-corrected chi connectivity index (χ0v) is 8.02. The maximum atomic E-state index is 11.1. The van der Waals surface area contributed by atoms with Crippen LogP contribution in [0.4, 0.5) is 0 Å². The predicted octanol–water partition coefficient (Wildman–Crippen LogP) is 3.18. The SMILES string of the molecule is CCCC(=O)CC[C@H](C)CC. The Balaban J connectivity index is 3.30. The van der Waals surface area contributed by atoms with E-state index in [9.17, 15) is 4.79 Å². The lowest BCUT2D eigenvalue weighted by Crippen LogP contribution is -2.00. The maximum absolute atomic E-state index is 11.1. The van der Waals surface area contributed by atoms with Crippen molar-refractivity contribution in [2.45, 2.75) is 52.9 Å². The number of hydrogen-bond acceptors (Lipinski definition) is 1. The number of Topliss-reactive ketones (excluding diaryl/α,β-unsaturated/α-hetero) is 1. The van der Waals surface area contributed by atoms with Gasteiger partial charge in [-0.25, -0.2) is 0 Å². The zero-order chi connectivity index (χ0) is 8.69. The fraction of sp³-hybridized carbons (Fsp3) is 0.900. The van der Waals surface area contributed by atoms with Gasteiger partial charge in [0.25, 0.3) is 0 Å². The van der Waals surface area contributed by atoms with Gasteiger partial charge in [-0.1, -0.05) is 27.2 Å². The molecule has 0 N–H and O–H groups in total. The molecule has 0 saturated heterocycles. The Kier molecular flexibility index (Phi) is 6.19. The van der Waals surface area contributed by atoms with E-state index in [1.807, 2.05) is 0 Å². The summed E-state index contributed by atoms with van der Waals surface area (Å²) in [4.78, 5) is 11.1. The summed E-state index contributed by atoms with van der Waals surface area (Å²) in [7, 11) is 0. The quantitative estimate of drug-likeness (QED) is 0.577. The second kappa shape index (κ2) is 6.38. The molecule has 0 spiro atoms. The first kappa shape index (κ1) is 10.7. The minimum Gasteiger partial charge on any atom is -0.300 e. The molecule has 11 heavy (non-hydrogen) atoms. The minimum atomic E-state index is 0.438. The Labute approximate surface area is 70.2 Å². The molecule has 0 bridgehead atoms. The van der Waals surface area contributed by atoms with Crippen molar-refractivity contribution in [3.8, 4) is 0 Å². The van der Waals surface area contributed by atoms with Crippen molar-refractivity contribution in [3.05, 3.63) is 0 Å². The van der Waals surface area contributed by atoms with Gasteiger partial charge in [0.05, 0.1) is 0 Å². The molecule has 0 radical (unpaired) electrons. The topological polar surface area (TPSA) is 17.1 Å². The summed E-state index contributed by atoms with van der Waals surface area (Å²) >= 11 is 0. The van der Waals surface area contributed by atoms with Gasteiger partial charge < -0.3 is 0 Å². The highest BCUT2D eigenvalue weighted by Gasteiger charge is 2.03. The van der Waals surface area contributed by atoms with Gasteiger partial charge >= 0.3 is 0 Å². The molecule has 66 valence electrons. The summed E-state index contributed by atoms with van der Waals surface area (Å²) in [5.41, 5.74) is 0. The Bertz CT molecular complexity index is 107. The first-order chi connectivity index (χ1) is 5.20. The first-order valence-corrected chi connectivity index (χ1v) is 4.72. The van der Waals surface area contributed by atoms with Crippen LogP contribution >= 0.6 is 0 Å². The van der Waals surface area contributed by atoms with Crippen molar-refractivity contribution in [2.24, 2.45) is 5.92 Å². The smallest absolute Gasteiger partial charge is 0.132 e. The number of rotatable bonds is 6. The van der Waals surface area contributed by atoms with Crippen LogP contribution in [0.25, 0.3) is 0 Å². The number of hydrogen-bond donors (Lipinski definition) is 0. The standard InChI is InChI=1S/C10H20O/c1-4-6-10(11)8-7-9(3)5-2/h9H,4-8H2,1-3H3/t9-/m1/s1. The van der Waals surface area contributed by atoms with Crippen molar-refractivity contribution in [1.82, 2.24) is 0 Å². The van der Waals surface area contributed by atoms with Crippen LogP contribution in [0.1, 0.15) is 52.9 Å². The maximum Gasteiger partial charge on any atom is 0.132 e. The molecule has 0 unspecified atom stereocenters. The highest BCUT2D eigenvalue weighted by Crippen LogP contribution is 2.10. The summed E-state index contributed by atoms with van der Waals surface area (Å²) in [5, 5.41) is 0. The minimum absolute atomic E-state index is 0.438. The summed E-state index contributed by atoms with van der Waals surface area (Å²) in [5.74, 6) is 1.16. The zero-order valence-electron chi connectivity index (χ0n) is 8.02. The van der Waals surface area contributed by atoms with E-state index >= 15 is 0 Å². The number of ketones is 1. The fourth-order valence-corrected chi connectivity index (χ4v) is 1.02. The molecule has 0 aliphatic carbocycles. The molecule has 0 aromatic carbocycles. The van der Waals surface area contributed by atoms with Crippen molar-refractivity contribution in [3.63, 3.8) is 0 Å². The molecule has 0 aromatic rings. The van der Waals surface area contributed by atoms with E-state index in [0.29, 0.717) is 5.78 Å². The van der Waals surface area contributed by atoms with Crippen molar-refractivity contribution >= 4 is 5.78 Å². The van der Waals surface area contributed by atoms with Crippen LogP contribution in [0.15, 0.2) is 0 Å². The number of carbonyl (C=O) groups is 1. The van der Waals surface area contributed by atoms with Crippen LogP contribution in [-0.2, 0) is 4.79 Å². The molecule has 0 saturated carbocycles. The fourth-order valence-electron chi connectivity index (χ4n) is 1.02. The summed E-state index contributed by atoms with van der Waals surface area (Å²) in [6, 6.07) is 0. The Morgan fingerprint density at radius 1 is 1.27 bits per heavy atom. The second-order valence-electron chi connectivity index (χ2n) is 3.34. The Hall–Kier alpha value is -0.330. The summed E-state index contributed by atoms with van der Waals surface area (Å²) in [6.45, 7) is 6.44. The third kappa shape index (κ3) is 6.08. The monoisotopic (exact) mass is 156 g/mol. The third-order valence-corrected chi connectivity index (χ3v) is 2.14. The van der Waals surface area contributed by atoms with Gasteiger partial charge in [-0.15, -0.1) is 0 Å². The lowest BCUT2D eigenvalue weighted by atomic mass is 10.00. The van der Waals surface area contributed by atoms with Crippen LogP contribution < -0.4 is 0 Å². The molecule has 0 fully saturated rings. The molecular weight excluding hydrogens is 136 g/mol. The van der Waals surface area contributed by atoms with Crippen molar-refractivity contribution in [2.75, 3.05) is 0 Å².